The van der Waals surface area contributed by atoms with E-state index in [4.69, 9.17) is 9.47 Å². The minimum Gasteiger partial charge on any atom is -0.444 e. The van der Waals surface area contributed by atoms with E-state index in [1.807, 2.05) is 60.7 Å². The van der Waals surface area contributed by atoms with Gasteiger partial charge in [0.1, 0.15) is 12.2 Å². The van der Waals surface area contributed by atoms with Crippen molar-refractivity contribution in [1.82, 2.24) is 15.2 Å². The molecule has 0 spiro atoms. The van der Waals surface area contributed by atoms with Crippen molar-refractivity contribution in [3.63, 3.8) is 0 Å². The lowest BCUT2D eigenvalue weighted by molar-refractivity contribution is 0.0328. The molecule has 2 amide bonds. The number of nitrogens with zero attached hydrogens (tertiary/aromatic N) is 2. The van der Waals surface area contributed by atoms with Gasteiger partial charge in [-0.25, -0.2) is 9.59 Å². The molecule has 8 nitrogen and oxygen atoms in total. The molecule has 1 heterocycles. The maximum absolute atomic E-state index is 13.0. The number of benzene rings is 2. The van der Waals surface area contributed by atoms with E-state index in [1.165, 1.54) is 16.2 Å². The van der Waals surface area contributed by atoms with Crippen LogP contribution in [-0.2, 0) is 29.0 Å². The summed E-state index contributed by atoms with van der Waals surface area (Å²) in [5, 5.41) is 14.0. The number of aromatic nitrogens is 1. The number of alkyl carbamates (subject to hydrolysis) is 1. The van der Waals surface area contributed by atoms with Crippen LogP contribution in [0.3, 0.4) is 0 Å². The Balaban J connectivity index is 1.75. The fourth-order valence-electron chi connectivity index (χ4n) is 3.51. The van der Waals surface area contributed by atoms with Crippen LogP contribution >= 0.6 is 11.3 Å². The Morgan fingerprint density at radius 3 is 2.28 bits per heavy atom. The van der Waals surface area contributed by atoms with Gasteiger partial charge in [0.2, 0.25) is 0 Å². The van der Waals surface area contributed by atoms with Crippen LogP contribution in [0.2, 0.25) is 0 Å². The van der Waals surface area contributed by atoms with E-state index in [1.54, 1.807) is 32.5 Å². The van der Waals surface area contributed by atoms with E-state index < -0.39 is 29.9 Å². The highest BCUT2D eigenvalue weighted by Gasteiger charge is 2.29. The number of ether oxygens (including phenoxy) is 2. The first-order chi connectivity index (χ1) is 17.2. The first-order valence-electron chi connectivity index (χ1n) is 11.7. The maximum atomic E-state index is 13.0. The van der Waals surface area contributed by atoms with E-state index >= 15 is 0 Å². The van der Waals surface area contributed by atoms with Crippen molar-refractivity contribution in [2.24, 2.45) is 0 Å². The summed E-state index contributed by atoms with van der Waals surface area (Å²) in [7, 11) is 0. The molecule has 3 rings (SSSR count). The summed E-state index contributed by atoms with van der Waals surface area (Å²) in [5.41, 5.74) is 2.80. The van der Waals surface area contributed by atoms with Crippen molar-refractivity contribution in [2.45, 2.75) is 58.1 Å². The van der Waals surface area contributed by atoms with Gasteiger partial charge in [-0.15, -0.1) is 11.3 Å². The van der Waals surface area contributed by atoms with Crippen molar-refractivity contribution in [3.8, 4) is 0 Å². The summed E-state index contributed by atoms with van der Waals surface area (Å²) in [5.74, 6) is 0. The topological polar surface area (TPSA) is 101 Å². The number of aliphatic hydroxyl groups is 1. The van der Waals surface area contributed by atoms with Gasteiger partial charge in [-0.3, -0.25) is 4.98 Å². The van der Waals surface area contributed by atoms with Crippen molar-refractivity contribution >= 4 is 23.5 Å². The average Bonchev–Trinajstić information content (AvgIpc) is 3.35. The van der Waals surface area contributed by atoms with Crippen LogP contribution in [0.4, 0.5) is 9.59 Å². The molecule has 0 fully saturated rings. The van der Waals surface area contributed by atoms with Gasteiger partial charge in [0.25, 0.3) is 0 Å². The second-order valence-corrected chi connectivity index (χ2v) is 10.4. The predicted octanol–water partition coefficient (Wildman–Crippen LogP) is 4.78. The van der Waals surface area contributed by atoms with Crippen LogP contribution in [0, 0.1) is 0 Å². The van der Waals surface area contributed by atoms with Gasteiger partial charge in [-0.05, 0) is 38.3 Å². The molecule has 0 aliphatic heterocycles. The summed E-state index contributed by atoms with van der Waals surface area (Å²) in [4.78, 5) is 31.8. The second-order valence-electron chi connectivity index (χ2n) is 9.40. The molecule has 0 unspecified atom stereocenters. The molecule has 2 atom stereocenters. The lowest BCUT2D eigenvalue weighted by Crippen LogP contribution is -2.51. The quantitative estimate of drug-likeness (QED) is 0.406. The normalized spacial score (nSPS) is 12.9. The van der Waals surface area contributed by atoms with Crippen molar-refractivity contribution in [3.05, 3.63) is 88.4 Å². The monoisotopic (exact) mass is 511 g/mol. The van der Waals surface area contributed by atoms with Gasteiger partial charge < -0.3 is 24.8 Å². The lowest BCUT2D eigenvalue weighted by atomic mass is 10.0. The van der Waals surface area contributed by atoms with Crippen LogP contribution in [0.5, 0.6) is 0 Å². The van der Waals surface area contributed by atoms with Gasteiger partial charge in [0.15, 0.2) is 0 Å². The number of amides is 2. The third-order valence-electron chi connectivity index (χ3n) is 5.17. The zero-order valence-corrected chi connectivity index (χ0v) is 21.6. The first-order valence-corrected chi connectivity index (χ1v) is 12.6. The molecule has 192 valence electrons. The molecular formula is C27H33N3O5S. The molecule has 0 aliphatic carbocycles. The Kier molecular flexibility index (Phi) is 9.84. The minimum absolute atomic E-state index is 0.0519. The van der Waals surface area contributed by atoms with Crippen LogP contribution in [0.15, 0.2) is 72.4 Å². The first kappa shape index (κ1) is 27.2. The van der Waals surface area contributed by atoms with Gasteiger partial charge in [0, 0.05) is 12.7 Å². The Morgan fingerprint density at radius 1 is 1.06 bits per heavy atom. The Bertz CT molecular complexity index is 1070. The van der Waals surface area contributed by atoms with Crippen LogP contribution in [-0.4, -0.2) is 51.5 Å². The van der Waals surface area contributed by atoms with Gasteiger partial charge in [0.05, 0.1) is 29.1 Å². The zero-order chi connectivity index (χ0) is 26.0. The molecule has 0 radical (unpaired) electrons. The van der Waals surface area contributed by atoms with Crippen molar-refractivity contribution in [1.29, 1.82) is 0 Å². The highest BCUT2D eigenvalue weighted by Crippen LogP contribution is 2.15. The molecule has 36 heavy (non-hydrogen) atoms. The molecule has 0 bridgehead atoms. The van der Waals surface area contributed by atoms with E-state index in [9.17, 15) is 14.7 Å². The molecule has 0 saturated heterocycles. The average molecular weight is 512 g/mol. The molecule has 0 saturated carbocycles. The maximum Gasteiger partial charge on any atom is 0.410 e. The largest absolute Gasteiger partial charge is 0.444 e. The summed E-state index contributed by atoms with van der Waals surface area (Å²) in [6.07, 6.45) is -0.282. The number of nitrogens with one attached hydrogen (secondary N) is 1. The molecule has 2 aromatic carbocycles. The third-order valence-corrected chi connectivity index (χ3v) is 5.92. The third kappa shape index (κ3) is 9.31. The number of hydrogen-bond acceptors (Lipinski definition) is 7. The van der Waals surface area contributed by atoms with Crippen molar-refractivity contribution in [2.75, 3.05) is 6.54 Å². The molecule has 9 heteroatoms. The van der Waals surface area contributed by atoms with Gasteiger partial charge in [-0.1, -0.05) is 60.7 Å². The van der Waals surface area contributed by atoms with E-state index in [0.717, 1.165) is 16.0 Å². The number of rotatable bonds is 10. The smallest absolute Gasteiger partial charge is 0.410 e. The van der Waals surface area contributed by atoms with Crippen LogP contribution < -0.4 is 5.32 Å². The number of thiazole rings is 1. The van der Waals surface area contributed by atoms with Crippen molar-refractivity contribution < 1.29 is 24.2 Å². The summed E-state index contributed by atoms with van der Waals surface area (Å²) in [6, 6.07) is 18.3. The van der Waals surface area contributed by atoms with Gasteiger partial charge >= 0.3 is 12.2 Å². The highest BCUT2D eigenvalue weighted by molar-refractivity contribution is 7.09. The molecule has 3 aromatic rings. The fourth-order valence-corrected chi connectivity index (χ4v) is 4.01. The number of hydrogen-bond donors (Lipinski definition) is 2. The molecule has 0 aliphatic rings. The Morgan fingerprint density at radius 2 is 1.69 bits per heavy atom. The SMILES string of the molecule is CC(C)(C)OC(=O)N[C@@H](Cc1ccccc1)[C@H](O)CN(Cc1ccccc1)C(=O)OCc1cncs1. The zero-order valence-electron chi connectivity index (χ0n) is 20.8. The number of aliphatic hydroxyl groups excluding tert-OH is 1. The molecule has 1 aromatic heterocycles. The number of carbonyl (C=O) groups excluding carboxylic acids is 2. The summed E-state index contributed by atoms with van der Waals surface area (Å²) < 4.78 is 10.9. The van der Waals surface area contributed by atoms with Crippen LogP contribution in [0.25, 0.3) is 0 Å². The summed E-state index contributed by atoms with van der Waals surface area (Å²) >= 11 is 1.39. The number of carbonyl (C=O) groups is 2. The van der Waals surface area contributed by atoms with E-state index in [2.05, 4.69) is 10.3 Å². The van der Waals surface area contributed by atoms with Crippen LogP contribution in [0.1, 0.15) is 36.8 Å². The lowest BCUT2D eigenvalue weighted by Gasteiger charge is -2.30. The Labute approximate surface area is 215 Å². The second kappa shape index (κ2) is 13.0. The van der Waals surface area contributed by atoms with E-state index in [-0.39, 0.29) is 19.7 Å². The minimum atomic E-state index is -1.09. The Hall–Kier alpha value is -3.43. The molecular weight excluding hydrogens is 478 g/mol. The van der Waals surface area contributed by atoms with Gasteiger partial charge in [-0.2, -0.15) is 0 Å². The molecule has 2 N–H and O–H groups in total. The summed E-state index contributed by atoms with van der Waals surface area (Å²) in [6.45, 7) is 5.60. The highest BCUT2D eigenvalue weighted by atomic mass is 32.1. The predicted molar refractivity (Wildman–Crippen MR) is 138 cm³/mol. The standard InChI is InChI=1S/C27H33N3O5S/c1-27(2,3)35-25(32)29-23(14-20-10-6-4-7-11-20)24(31)17-30(16-21-12-8-5-9-13-21)26(33)34-18-22-15-28-19-36-22/h4-13,15,19,23-24,31H,14,16-18H2,1-3H3,(H,29,32)/t23-,24+/m0/s1. The fraction of sp³-hybridized carbons (Fsp3) is 0.370. The van der Waals surface area contributed by atoms with E-state index in [0.29, 0.717) is 6.42 Å².